The lowest BCUT2D eigenvalue weighted by Gasteiger charge is -2.16. The zero-order valence-corrected chi connectivity index (χ0v) is 7.33. The summed E-state index contributed by atoms with van der Waals surface area (Å²) in [5.41, 5.74) is 0.552. The van der Waals surface area contributed by atoms with Crippen LogP contribution in [-0.2, 0) is 0 Å². The van der Waals surface area contributed by atoms with Gasteiger partial charge in [0.25, 0.3) is 0 Å². The van der Waals surface area contributed by atoms with Crippen LogP contribution in [0.15, 0.2) is 0 Å². The Labute approximate surface area is 59.4 Å². The van der Waals surface area contributed by atoms with Gasteiger partial charge in [-0.25, -0.2) is 0 Å². The van der Waals surface area contributed by atoms with Crippen LogP contribution in [0.1, 0.15) is 47.0 Å². The molecule has 0 aliphatic rings. The van der Waals surface area contributed by atoms with Gasteiger partial charge in [0.2, 0.25) is 0 Å². The molecule has 0 aromatic rings. The largest absolute Gasteiger partial charge is 0.344 e. The van der Waals surface area contributed by atoms with E-state index in [1.54, 1.807) is 0 Å². The molecule has 0 saturated carbocycles. The summed E-state index contributed by atoms with van der Waals surface area (Å²) in [5.74, 6) is 0. The number of hydrogen-bond donors (Lipinski definition) is 1. The zero-order chi connectivity index (χ0) is 6.62. The van der Waals surface area contributed by atoms with Crippen molar-refractivity contribution in [2.45, 2.75) is 47.0 Å². The van der Waals surface area contributed by atoms with Crippen molar-refractivity contribution in [3.63, 3.8) is 0 Å². The summed E-state index contributed by atoms with van der Waals surface area (Å²) in [4.78, 5) is 0. The fourth-order valence-corrected chi connectivity index (χ4v) is 0.707. The molecule has 1 nitrogen and oxygen atoms in total. The van der Waals surface area contributed by atoms with E-state index in [0.717, 1.165) is 0 Å². The summed E-state index contributed by atoms with van der Waals surface area (Å²) >= 11 is 0. The first kappa shape index (κ1) is 11.7. The van der Waals surface area contributed by atoms with E-state index >= 15 is 0 Å². The average Bonchev–Trinajstić information content (AvgIpc) is 1.59. The van der Waals surface area contributed by atoms with E-state index in [2.05, 4.69) is 27.7 Å². The van der Waals surface area contributed by atoms with Gasteiger partial charge < -0.3 is 6.15 Å². The smallest absolute Gasteiger partial charge is 0.0383 e. The van der Waals surface area contributed by atoms with Gasteiger partial charge in [0.15, 0.2) is 0 Å². The van der Waals surface area contributed by atoms with Gasteiger partial charge in [-0.3, -0.25) is 0 Å². The quantitative estimate of drug-likeness (QED) is 0.612. The van der Waals surface area contributed by atoms with Crippen molar-refractivity contribution in [3.8, 4) is 0 Å². The van der Waals surface area contributed by atoms with Gasteiger partial charge in [0, 0.05) is 0 Å². The van der Waals surface area contributed by atoms with E-state index < -0.39 is 0 Å². The van der Waals surface area contributed by atoms with Crippen molar-refractivity contribution < 1.29 is 0 Å². The summed E-state index contributed by atoms with van der Waals surface area (Å²) < 4.78 is 0. The highest BCUT2D eigenvalue weighted by atomic mass is 14.1. The van der Waals surface area contributed by atoms with Crippen molar-refractivity contribution in [3.05, 3.63) is 0 Å². The van der Waals surface area contributed by atoms with Crippen molar-refractivity contribution in [1.29, 1.82) is 0 Å². The van der Waals surface area contributed by atoms with Crippen LogP contribution in [0.5, 0.6) is 0 Å². The van der Waals surface area contributed by atoms with Crippen molar-refractivity contribution >= 4 is 0 Å². The maximum atomic E-state index is 2.29. The number of rotatable bonds is 2. The normalized spacial score (nSPS) is 10.7. The van der Waals surface area contributed by atoms with Crippen LogP contribution in [-0.4, -0.2) is 0 Å². The first-order valence-electron chi connectivity index (χ1n) is 3.56. The molecule has 0 saturated heterocycles. The molecule has 0 unspecified atom stereocenters. The van der Waals surface area contributed by atoms with Crippen LogP contribution in [0.4, 0.5) is 0 Å². The lowest BCUT2D eigenvalue weighted by atomic mass is 9.90. The predicted octanol–water partition coefficient (Wildman–Crippen LogP) is 3.38. The SMILES string of the molecule is CCCCC(C)(C)C.N. The molecule has 1 heteroatoms. The van der Waals surface area contributed by atoms with E-state index in [-0.39, 0.29) is 6.15 Å². The van der Waals surface area contributed by atoms with E-state index in [9.17, 15) is 0 Å². The Bertz CT molecular complexity index is 52.1. The molecule has 0 bridgehead atoms. The van der Waals surface area contributed by atoms with Gasteiger partial charge in [-0.2, -0.15) is 0 Å². The summed E-state index contributed by atoms with van der Waals surface area (Å²) in [6.07, 6.45) is 4.07. The van der Waals surface area contributed by atoms with Crippen molar-refractivity contribution in [1.82, 2.24) is 6.15 Å². The second-order valence-corrected chi connectivity index (χ2v) is 3.66. The van der Waals surface area contributed by atoms with Gasteiger partial charge in [-0.1, -0.05) is 40.5 Å². The van der Waals surface area contributed by atoms with Crippen LogP contribution < -0.4 is 6.15 Å². The molecule has 3 N–H and O–H groups in total. The van der Waals surface area contributed by atoms with Crippen LogP contribution in [0, 0.1) is 5.41 Å². The summed E-state index contributed by atoms with van der Waals surface area (Å²) in [5, 5.41) is 0. The minimum Gasteiger partial charge on any atom is -0.344 e. The lowest BCUT2D eigenvalue weighted by molar-refractivity contribution is 0.363. The molecule has 0 amide bonds. The van der Waals surface area contributed by atoms with Crippen LogP contribution in [0.25, 0.3) is 0 Å². The molecule has 0 aromatic heterocycles. The Kier molecular flexibility index (Phi) is 6.25. The fraction of sp³-hybridized carbons (Fsp3) is 1.00. The van der Waals surface area contributed by atoms with E-state index in [1.807, 2.05) is 0 Å². The van der Waals surface area contributed by atoms with Gasteiger partial charge in [0.1, 0.15) is 0 Å². The maximum absolute atomic E-state index is 2.29. The monoisotopic (exact) mass is 131 g/mol. The third-order valence-electron chi connectivity index (χ3n) is 1.28. The van der Waals surface area contributed by atoms with Gasteiger partial charge >= 0.3 is 0 Å². The second-order valence-electron chi connectivity index (χ2n) is 3.66. The van der Waals surface area contributed by atoms with Gasteiger partial charge in [-0.15, -0.1) is 0 Å². The second kappa shape index (κ2) is 4.80. The third kappa shape index (κ3) is 11.5. The Morgan fingerprint density at radius 1 is 1.11 bits per heavy atom. The topological polar surface area (TPSA) is 35.0 Å². The first-order chi connectivity index (χ1) is 3.56. The molecule has 0 fully saturated rings. The summed E-state index contributed by atoms with van der Waals surface area (Å²) in [6.45, 7) is 9.12. The molecular formula is C8H21N. The number of hydrogen-bond acceptors (Lipinski definition) is 1. The number of unbranched alkanes of at least 4 members (excludes halogenated alkanes) is 1. The zero-order valence-electron chi connectivity index (χ0n) is 7.33. The third-order valence-corrected chi connectivity index (χ3v) is 1.28. The Morgan fingerprint density at radius 2 is 1.56 bits per heavy atom. The predicted molar refractivity (Wildman–Crippen MR) is 44.0 cm³/mol. The molecule has 58 valence electrons. The molecule has 0 radical (unpaired) electrons. The lowest BCUT2D eigenvalue weighted by Crippen LogP contribution is -2.03. The standard InChI is InChI=1S/C8H18.H3N/c1-5-6-7-8(2,3)4;/h5-7H2,1-4H3;1H3. The molecule has 0 aromatic carbocycles. The Hall–Kier alpha value is -0.0400. The molecule has 0 rings (SSSR count). The van der Waals surface area contributed by atoms with Gasteiger partial charge in [-0.05, 0) is 11.8 Å². The Balaban J connectivity index is 0. The van der Waals surface area contributed by atoms with E-state index in [0.29, 0.717) is 5.41 Å². The maximum Gasteiger partial charge on any atom is -0.0383 e. The van der Waals surface area contributed by atoms with Crippen molar-refractivity contribution in [2.75, 3.05) is 0 Å². The highest BCUT2D eigenvalue weighted by Crippen LogP contribution is 2.20. The van der Waals surface area contributed by atoms with E-state index in [1.165, 1.54) is 19.3 Å². The summed E-state index contributed by atoms with van der Waals surface area (Å²) in [7, 11) is 0. The van der Waals surface area contributed by atoms with Crippen LogP contribution in [0.3, 0.4) is 0 Å². The highest BCUT2D eigenvalue weighted by Gasteiger charge is 2.07. The Morgan fingerprint density at radius 3 is 1.67 bits per heavy atom. The summed E-state index contributed by atoms with van der Waals surface area (Å²) in [6, 6.07) is 0. The highest BCUT2D eigenvalue weighted by molar-refractivity contribution is 4.59. The average molecular weight is 131 g/mol. The van der Waals surface area contributed by atoms with E-state index in [4.69, 9.17) is 0 Å². The molecule has 0 atom stereocenters. The molecule has 0 heterocycles. The minimum absolute atomic E-state index is 0. The minimum atomic E-state index is 0. The molecule has 0 aliphatic carbocycles. The van der Waals surface area contributed by atoms with Crippen LogP contribution >= 0.6 is 0 Å². The fourth-order valence-electron chi connectivity index (χ4n) is 0.707. The van der Waals surface area contributed by atoms with Crippen LogP contribution in [0.2, 0.25) is 0 Å². The first-order valence-corrected chi connectivity index (χ1v) is 3.56. The van der Waals surface area contributed by atoms with Crippen molar-refractivity contribution in [2.24, 2.45) is 5.41 Å². The molecule has 0 aliphatic heterocycles. The molecule has 0 spiro atoms. The van der Waals surface area contributed by atoms with Gasteiger partial charge in [0.05, 0.1) is 0 Å². The molecule has 9 heavy (non-hydrogen) atoms. The molecular weight excluding hydrogens is 110 g/mol.